The van der Waals surface area contributed by atoms with Gasteiger partial charge in [-0.1, -0.05) is 6.07 Å². The number of aromatic nitrogens is 1. The van der Waals surface area contributed by atoms with Gasteiger partial charge in [-0.3, -0.25) is 0 Å². The van der Waals surface area contributed by atoms with Crippen LogP contribution in [0.15, 0.2) is 23.7 Å². The van der Waals surface area contributed by atoms with E-state index in [1.165, 1.54) is 17.4 Å². The maximum absolute atomic E-state index is 13.2. The Labute approximate surface area is 125 Å². The van der Waals surface area contributed by atoms with E-state index in [0.29, 0.717) is 12.1 Å². The lowest BCUT2D eigenvalue weighted by molar-refractivity contribution is -0.137. The van der Waals surface area contributed by atoms with E-state index in [2.05, 4.69) is 4.98 Å². The van der Waals surface area contributed by atoms with Crippen LogP contribution in [0.2, 0.25) is 0 Å². The van der Waals surface area contributed by atoms with Gasteiger partial charge in [0.25, 0.3) is 0 Å². The summed E-state index contributed by atoms with van der Waals surface area (Å²) in [5, 5.41) is 0. The van der Waals surface area contributed by atoms with Gasteiger partial charge in [-0.15, -0.1) is 11.3 Å². The molecule has 1 aromatic heterocycles. The van der Waals surface area contributed by atoms with E-state index in [1.807, 2.05) is 6.92 Å². The number of benzene rings is 1. The fourth-order valence-corrected chi connectivity index (χ4v) is 2.88. The first-order valence-corrected chi connectivity index (χ1v) is 7.21. The second-order valence-corrected chi connectivity index (χ2v) is 5.71. The van der Waals surface area contributed by atoms with Crippen molar-refractivity contribution in [3.8, 4) is 0 Å². The highest BCUT2D eigenvalue weighted by Crippen LogP contribution is 2.37. The standard InChI is InChI=1S/C14H16F3N3S/c1-9-13(21-8-19-9)7-20(2)12-4-3-10(6-18)5-11(12)14(15,16)17/h3-5,8H,6-7,18H2,1-2H3. The summed E-state index contributed by atoms with van der Waals surface area (Å²) in [6, 6.07) is 4.22. The predicted octanol–water partition coefficient (Wildman–Crippen LogP) is 3.57. The molecular weight excluding hydrogens is 299 g/mol. The molecule has 0 radical (unpaired) electrons. The molecule has 1 aromatic carbocycles. The van der Waals surface area contributed by atoms with Crippen LogP contribution in [0, 0.1) is 6.92 Å². The maximum atomic E-state index is 13.2. The first-order chi connectivity index (χ1) is 9.82. The molecule has 7 heteroatoms. The Kier molecular flexibility index (Phi) is 4.53. The summed E-state index contributed by atoms with van der Waals surface area (Å²) in [5.41, 5.74) is 7.93. The van der Waals surface area contributed by atoms with E-state index in [9.17, 15) is 13.2 Å². The Bertz CT molecular complexity index is 622. The van der Waals surface area contributed by atoms with Crippen molar-refractivity contribution < 1.29 is 13.2 Å². The maximum Gasteiger partial charge on any atom is 0.418 e. The Morgan fingerprint density at radius 2 is 2.05 bits per heavy atom. The van der Waals surface area contributed by atoms with Crippen LogP contribution in [0.1, 0.15) is 21.7 Å². The van der Waals surface area contributed by atoms with Gasteiger partial charge in [0.05, 0.1) is 23.3 Å². The lowest BCUT2D eigenvalue weighted by Crippen LogP contribution is -2.21. The number of thiazole rings is 1. The molecule has 0 amide bonds. The molecule has 0 aliphatic heterocycles. The van der Waals surface area contributed by atoms with Crippen LogP contribution in [0.25, 0.3) is 0 Å². The summed E-state index contributed by atoms with van der Waals surface area (Å²) >= 11 is 1.44. The number of alkyl halides is 3. The summed E-state index contributed by atoms with van der Waals surface area (Å²) in [4.78, 5) is 6.65. The number of hydrogen-bond donors (Lipinski definition) is 1. The average Bonchev–Trinajstić information content (AvgIpc) is 2.82. The van der Waals surface area contributed by atoms with Crippen LogP contribution in [-0.2, 0) is 19.3 Å². The molecule has 1 heterocycles. The quantitative estimate of drug-likeness (QED) is 0.938. The molecule has 2 rings (SSSR count). The number of aryl methyl sites for hydroxylation is 1. The Morgan fingerprint density at radius 3 is 2.57 bits per heavy atom. The van der Waals surface area contributed by atoms with Crippen LogP contribution in [0.4, 0.5) is 18.9 Å². The third-order valence-corrected chi connectivity index (χ3v) is 4.16. The van der Waals surface area contributed by atoms with Gasteiger partial charge in [-0.2, -0.15) is 13.2 Å². The second kappa shape index (κ2) is 6.03. The lowest BCUT2D eigenvalue weighted by Gasteiger charge is -2.24. The Morgan fingerprint density at radius 1 is 1.33 bits per heavy atom. The molecule has 0 atom stereocenters. The van der Waals surface area contributed by atoms with Gasteiger partial charge < -0.3 is 10.6 Å². The minimum Gasteiger partial charge on any atom is -0.369 e. The summed E-state index contributed by atoms with van der Waals surface area (Å²) < 4.78 is 39.6. The molecule has 3 nitrogen and oxygen atoms in total. The first kappa shape index (κ1) is 15.8. The summed E-state index contributed by atoms with van der Waals surface area (Å²) in [6.45, 7) is 2.32. The van der Waals surface area contributed by atoms with Crippen molar-refractivity contribution in [2.75, 3.05) is 11.9 Å². The van der Waals surface area contributed by atoms with Crippen molar-refractivity contribution >= 4 is 17.0 Å². The number of nitrogens with two attached hydrogens (primary N) is 1. The van der Waals surface area contributed by atoms with Crippen LogP contribution < -0.4 is 10.6 Å². The van der Waals surface area contributed by atoms with E-state index >= 15 is 0 Å². The number of hydrogen-bond acceptors (Lipinski definition) is 4. The normalized spacial score (nSPS) is 11.7. The minimum atomic E-state index is -4.41. The Balaban J connectivity index is 2.36. The zero-order chi connectivity index (χ0) is 15.6. The molecule has 0 unspecified atom stereocenters. The third-order valence-electron chi connectivity index (χ3n) is 3.24. The highest BCUT2D eigenvalue weighted by molar-refractivity contribution is 7.09. The van der Waals surface area contributed by atoms with Crippen LogP contribution in [0.5, 0.6) is 0 Å². The van der Waals surface area contributed by atoms with Gasteiger partial charge in [-0.25, -0.2) is 4.98 Å². The zero-order valence-corrected chi connectivity index (χ0v) is 12.6. The third kappa shape index (κ3) is 3.54. The van der Waals surface area contributed by atoms with E-state index in [4.69, 9.17) is 5.73 Å². The molecule has 0 spiro atoms. The zero-order valence-electron chi connectivity index (χ0n) is 11.7. The fraction of sp³-hybridized carbons (Fsp3) is 0.357. The second-order valence-electron chi connectivity index (χ2n) is 4.77. The number of halogens is 3. The van der Waals surface area contributed by atoms with E-state index < -0.39 is 11.7 Å². The van der Waals surface area contributed by atoms with E-state index in [-0.39, 0.29) is 12.2 Å². The lowest BCUT2D eigenvalue weighted by atomic mass is 10.1. The van der Waals surface area contributed by atoms with Crippen molar-refractivity contribution in [3.05, 3.63) is 45.4 Å². The van der Waals surface area contributed by atoms with Crippen molar-refractivity contribution in [1.29, 1.82) is 0 Å². The summed E-state index contributed by atoms with van der Waals surface area (Å²) in [5.74, 6) is 0. The molecule has 0 fully saturated rings. The highest BCUT2D eigenvalue weighted by Gasteiger charge is 2.34. The highest BCUT2D eigenvalue weighted by atomic mass is 32.1. The molecule has 0 saturated carbocycles. The van der Waals surface area contributed by atoms with Gasteiger partial charge in [-0.05, 0) is 24.6 Å². The largest absolute Gasteiger partial charge is 0.418 e. The molecule has 114 valence electrons. The molecule has 0 saturated heterocycles. The van der Waals surface area contributed by atoms with Gasteiger partial charge >= 0.3 is 6.18 Å². The fourth-order valence-electron chi connectivity index (χ4n) is 2.05. The summed E-state index contributed by atoms with van der Waals surface area (Å²) in [7, 11) is 1.64. The van der Waals surface area contributed by atoms with Crippen molar-refractivity contribution in [1.82, 2.24) is 4.98 Å². The van der Waals surface area contributed by atoms with Crippen LogP contribution in [0.3, 0.4) is 0 Å². The monoisotopic (exact) mass is 315 g/mol. The average molecular weight is 315 g/mol. The van der Waals surface area contributed by atoms with Gasteiger partial charge in [0.1, 0.15) is 0 Å². The number of nitrogens with zero attached hydrogens (tertiary/aromatic N) is 2. The predicted molar refractivity (Wildman–Crippen MR) is 78.3 cm³/mol. The SMILES string of the molecule is Cc1ncsc1CN(C)c1ccc(CN)cc1C(F)(F)F. The van der Waals surface area contributed by atoms with E-state index in [1.54, 1.807) is 23.5 Å². The Hall–Kier alpha value is -1.60. The molecule has 0 bridgehead atoms. The van der Waals surface area contributed by atoms with Crippen molar-refractivity contribution in [2.24, 2.45) is 5.73 Å². The molecule has 0 aliphatic carbocycles. The smallest absolute Gasteiger partial charge is 0.369 e. The number of rotatable bonds is 4. The van der Waals surface area contributed by atoms with Gasteiger partial charge in [0.15, 0.2) is 0 Å². The first-order valence-electron chi connectivity index (χ1n) is 6.33. The molecular formula is C14H16F3N3S. The van der Waals surface area contributed by atoms with E-state index in [0.717, 1.165) is 16.6 Å². The summed E-state index contributed by atoms with van der Waals surface area (Å²) in [6.07, 6.45) is -4.41. The van der Waals surface area contributed by atoms with Gasteiger partial charge in [0.2, 0.25) is 0 Å². The van der Waals surface area contributed by atoms with Crippen molar-refractivity contribution in [2.45, 2.75) is 26.2 Å². The minimum absolute atomic E-state index is 0.0844. The van der Waals surface area contributed by atoms with Crippen LogP contribution in [-0.4, -0.2) is 12.0 Å². The van der Waals surface area contributed by atoms with Crippen molar-refractivity contribution in [3.63, 3.8) is 0 Å². The molecule has 0 aliphatic rings. The number of anilines is 1. The molecule has 21 heavy (non-hydrogen) atoms. The van der Waals surface area contributed by atoms with Gasteiger partial charge in [0, 0.05) is 24.2 Å². The molecule has 2 aromatic rings. The van der Waals surface area contributed by atoms with Crippen LogP contribution >= 0.6 is 11.3 Å². The molecule has 2 N–H and O–H groups in total. The topological polar surface area (TPSA) is 42.2 Å².